The van der Waals surface area contributed by atoms with E-state index in [1.165, 1.54) is 83.5 Å². The molecule has 0 aromatic heterocycles. The van der Waals surface area contributed by atoms with E-state index in [9.17, 15) is 14.7 Å². The second kappa shape index (κ2) is 19.3. The Labute approximate surface area is 174 Å². The smallest absolute Gasteiger partial charge is 0.326 e. The fourth-order valence-electron chi connectivity index (χ4n) is 3.59. The number of nitrogens with one attached hydrogen (secondary N) is 1. The lowest BCUT2D eigenvalue weighted by atomic mass is 9.99. The molecule has 4 nitrogen and oxygen atoms in total. The third-order valence-electron chi connectivity index (χ3n) is 5.80. The monoisotopic (exact) mass is 397 g/mol. The van der Waals surface area contributed by atoms with Crippen molar-refractivity contribution in [3.8, 4) is 0 Å². The Morgan fingerprint density at radius 2 is 1.11 bits per heavy atom. The first-order valence-electron chi connectivity index (χ1n) is 12.0. The van der Waals surface area contributed by atoms with Crippen molar-refractivity contribution < 1.29 is 14.7 Å². The molecule has 1 amide bonds. The van der Waals surface area contributed by atoms with Crippen LogP contribution in [0.25, 0.3) is 0 Å². The minimum atomic E-state index is -0.931. The van der Waals surface area contributed by atoms with Gasteiger partial charge in [0.05, 0.1) is 0 Å². The Morgan fingerprint density at radius 3 is 1.46 bits per heavy atom. The Bertz CT molecular complexity index is 384. The van der Waals surface area contributed by atoms with E-state index < -0.39 is 12.0 Å². The zero-order valence-electron chi connectivity index (χ0n) is 18.9. The predicted octanol–water partition coefficient (Wildman–Crippen LogP) is 6.86. The van der Waals surface area contributed by atoms with Crippen molar-refractivity contribution >= 4 is 11.9 Å². The number of amides is 1. The van der Waals surface area contributed by atoms with Crippen LogP contribution in [-0.2, 0) is 9.59 Å². The van der Waals surface area contributed by atoms with Crippen molar-refractivity contribution in [3.05, 3.63) is 0 Å². The van der Waals surface area contributed by atoms with Crippen LogP contribution in [0.1, 0.15) is 130 Å². The minimum Gasteiger partial charge on any atom is -0.480 e. The van der Waals surface area contributed by atoms with Crippen LogP contribution in [0.15, 0.2) is 0 Å². The van der Waals surface area contributed by atoms with Crippen molar-refractivity contribution in [2.75, 3.05) is 0 Å². The second-order valence-corrected chi connectivity index (χ2v) is 8.47. The van der Waals surface area contributed by atoms with Crippen LogP contribution in [0.4, 0.5) is 0 Å². The summed E-state index contributed by atoms with van der Waals surface area (Å²) >= 11 is 0. The van der Waals surface area contributed by atoms with Gasteiger partial charge in [-0.2, -0.15) is 0 Å². The molecule has 2 unspecified atom stereocenters. The van der Waals surface area contributed by atoms with E-state index in [2.05, 4.69) is 12.2 Å². The van der Waals surface area contributed by atoms with Gasteiger partial charge in [-0.3, -0.25) is 4.79 Å². The van der Waals surface area contributed by atoms with Gasteiger partial charge in [0.15, 0.2) is 0 Å². The molecule has 0 aliphatic heterocycles. The lowest BCUT2D eigenvalue weighted by Gasteiger charge is -2.20. The highest BCUT2D eigenvalue weighted by atomic mass is 16.4. The molecule has 0 saturated heterocycles. The highest BCUT2D eigenvalue weighted by molar-refractivity contribution is 5.83. The molecule has 166 valence electrons. The molecule has 0 aliphatic carbocycles. The summed E-state index contributed by atoms with van der Waals surface area (Å²) in [6.45, 7) is 6.08. The standard InChI is InChI=1S/C24H47NO3/c1-4-6-7-8-9-10-11-12-13-14-15-16-17-18-19-20-22(26)25-23(24(27)28)21(3)5-2/h21,23H,4-20H2,1-3H3,(H,25,26)(H,27,28). The molecule has 2 N–H and O–H groups in total. The van der Waals surface area contributed by atoms with Crippen molar-refractivity contribution in [2.24, 2.45) is 5.92 Å². The Hall–Kier alpha value is -1.06. The number of carbonyl (C=O) groups excluding carboxylic acids is 1. The Morgan fingerprint density at radius 1 is 0.714 bits per heavy atom. The molecule has 0 radical (unpaired) electrons. The van der Waals surface area contributed by atoms with Crippen LogP contribution in [-0.4, -0.2) is 23.0 Å². The highest BCUT2D eigenvalue weighted by Gasteiger charge is 2.24. The van der Waals surface area contributed by atoms with E-state index in [1.54, 1.807) is 0 Å². The summed E-state index contributed by atoms with van der Waals surface area (Å²) in [4.78, 5) is 23.2. The van der Waals surface area contributed by atoms with E-state index in [0.29, 0.717) is 6.42 Å². The van der Waals surface area contributed by atoms with Crippen LogP contribution >= 0.6 is 0 Å². The molecular weight excluding hydrogens is 350 g/mol. The molecule has 0 heterocycles. The molecule has 0 aliphatic rings. The van der Waals surface area contributed by atoms with Crippen LogP contribution < -0.4 is 5.32 Å². The SMILES string of the molecule is CCCCCCCCCCCCCCCCCC(=O)NC(C(=O)O)C(C)CC. The van der Waals surface area contributed by atoms with Gasteiger partial charge in [0.25, 0.3) is 0 Å². The summed E-state index contributed by atoms with van der Waals surface area (Å²) in [7, 11) is 0. The fraction of sp³-hybridized carbons (Fsp3) is 0.917. The number of carboxylic acid groups (broad SMARTS) is 1. The molecule has 28 heavy (non-hydrogen) atoms. The largest absolute Gasteiger partial charge is 0.480 e. The fourth-order valence-corrected chi connectivity index (χ4v) is 3.59. The molecule has 0 aromatic carbocycles. The molecule has 0 saturated carbocycles. The summed E-state index contributed by atoms with van der Waals surface area (Å²) in [5, 5.41) is 11.9. The van der Waals surface area contributed by atoms with Crippen molar-refractivity contribution in [1.29, 1.82) is 0 Å². The van der Waals surface area contributed by atoms with E-state index in [-0.39, 0.29) is 11.8 Å². The average molecular weight is 398 g/mol. The van der Waals surface area contributed by atoms with Gasteiger partial charge in [0.1, 0.15) is 6.04 Å². The molecule has 0 aromatic rings. The quantitative estimate of drug-likeness (QED) is 0.220. The number of hydrogen-bond acceptors (Lipinski definition) is 2. The maximum atomic E-state index is 11.9. The third-order valence-corrected chi connectivity index (χ3v) is 5.80. The predicted molar refractivity (Wildman–Crippen MR) is 119 cm³/mol. The Balaban J connectivity index is 3.43. The molecule has 0 bridgehead atoms. The minimum absolute atomic E-state index is 0.0393. The maximum absolute atomic E-state index is 11.9. The van der Waals surface area contributed by atoms with Gasteiger partial charge in [-0.15, -0.1) is 0 Å². The van der Waals surface area contributed by atoms with Crippen molar-refractivity contribution in [1.82, 2.24) is 5.32 Å². The maximum Gasteiger partial charge on any atom is 0.326 e. The van der Waals surface area contributed by atoms with E-state index in [1.807, 2.05) is 13.8 Å². The summed E-state index contributed by atoms with van der Waals surface area (Å²) in [6.07, 6.45) is 20.7. The molecule has 0 spiro atoms. The summed E-state index contributed by atoms with van der Waals surface area (Å²) in [5.74, 6) is -1.09. The number of aliphatic carboxylic acids is 1. The number of carbonyl (C=O) groups is 2. The normalized spacial score (nSPS) is 13.2. The molecular formula is C24H47NO3. The van der Waals surface area contributed by atoms with Gasteiger partial charge in [-0.05, 0) is 12.3 Å². The summed E-state index contributed by atoms with van der Waals surface area (Å²) in [5.41, 5.74) is 0. The van der Waals surface area contributed by atoms with Gasteiger partial charge in [0.2, 0.25) is 5.91 Å². The van der Waals surface area contributed by atoms with Crippen LogP contribution in [0.3, 0.4) is 0 Å². The summed E-state index contributed by atoms with van der Waals surface area (Å²) < 4.78 is 0. The number of unbranched alkanes of at least 4 members (excludes halogenated alkanes) is 14. The van der Waals surface area contributed by atoms with Gasteiger partial charge < -0.3 is 10.4 Å². The van der Waals surface area contributed by atoms with Crippen LogP contribution in [0, 0.1) is 5.92 Å². The molecule has 0 rings (SSSR count). The zero-order valence-corrected chi connectivity index (χ0v) is 18.9. The third kappa shape index (κ3) is 15.9. The Kier molecular flexibility index (Phi) is 18.5. The first kappa shape index (κ1) is 26.9. The van der Waals surface area contributed by atoms with Gasteiger partial charge in [-0.1, -0.05) is 117 Å². The zero-order chi connectivity index (χ0) is 21.0. The second-order valence-electron chi connectivity index (χ2n) is 8.47. The van der Waals surface area contributed by atoms with Crippen LogP contribution in [0.2, 0.25) is 0 Å². The topological polar surface area (TPSA) is 66.4 Å². The lowest BCUT2D eigenvalue weighted by molar-refractivity contribution is -0.143. The van der Waals surface area contributed by atoms with Gasteiger partial charge >= 0.3 is 5.97 Å². The summed E-state index contributed by atoms with van der Waals surface area (Å²) in [6, 6.07) is -0.756. The number of rotatable bonds is 20. The van der Waals surface area contributed by atoms with Crippen molar-refractivity contribution in [2.45, 2.75) is 136 Å². The van der Waals surface area contributed by atoms with E-state index >= 15 is 0 Å². The van der Waals surface area contributed by atoms with Gasteiger partial charge in [0, 0.05) is 6.42 Å². The van der Waals surface area contributed by atoms with E-state index in [4.69, 9.17) is 0 Å². The average Bonchev–Trinajstić information content (AvgIpc) is 2.68. The molecule has 0 fully saturated rings. The van der Waals surface area contributed by atoms with Crippen LogP contribution in [0.5, 0.6) is 0 Å². The number of hydrogen-bond donors (Lipinski definition) is 2. The van der Waals surface area contributed by atoms with E-state index in [0.717, 1.165) is 19.3 Å². The van der Waals surface area contributed by atoms with Crippen molar-refractivity contribution in [3.63, 3.8) is 0 Å². The molecule has 4 heteroatoms. The highest BCUT2D eigenvalue weighted by Crippen LogP contribution is 2.14. The lowest BCUT2D eigenvalue weighted by Crippen LogP contribution is -2.44. The van der Waals surface area contributed by atoms with Gasteiger partial charge in [-0.25, -0.2) is 4.79 Å². The first-order valence-corrected chi connectivity index (χ1v) is 12.0. The molecule has 2 atom stereocenters. The number of carboxylic acids is 1. The first-order chi connectivity index (χ1) is 13.5.